The quantitative estimate of drug-likeness (QED) is 0.906. The van der Waals surface area contributed by atoms with Gasteiger partial charge in [-0.05, 0) is 37.8 Å². The van der Waals surface area contributed by atoms with E-state index in [4.69, 9.17) is 4.74 Å². The third-order valence-corrected chi connectivity index (χ3v) is 3.51. The summed E-state index contributed by atoms with van der Waals surface area (Å²) in [5.41, 5.74) is 0.939. The van der Waals surface area contributed by atoms with Crippen molar-refractivity contribution in [1.29, 1.82) is 0 Å². The molecule has 4 nitrogen and oxygen atoms in total. The van der Waals surface area contributed by atoms with Gasteiger partial charge in [0.2, 0.25) is 0 Å². The maximum Gasteiger partial charge on any atom is 0.321 e. The van der Waals surface area contributed by atoms with Crippen LogP contribution in [0.3, 0.4) is 0 Å². The zero-order chi connectivity index (χ0) is 13.5. The van der Waals surface area contributed by atoms with E-state index in [9.17, 15) is 4.79 Å². The van der Waals surface area contributed by atoms with Crippen molar-refractivity contribution in [1.82, 2.24) is 5.32 Å². The smallest absolute Gasteiger partial charge is 0.321 e. The van der Waals surface area contributed by atoms with Crippen LogP contribution < -0.4 is 10.2 Å². The monoisotopic (exact) mass is 262 g/mol. The van der Waals surface area contributed by atoms with Crippen LogP contribution in [0.2, 0.25) is 0 Å². The summed E-state index contributed by atoms with van der Waals surface area (Å²) in [5.74, 6) is 0.548. The summed E-state index contributed by atoms with van der Waals surface area (Å²) in [6.07, 6.45) is 2.08. The molecule has 1 saturated heterocycles. The number of benzene rings is 1. The maximum atomic E-state index is 12.2. The van der Waals surface area contributed by atoms with Crippen molar-refractivity contribution in [2.24, 2.45) is 5.92 Å². The Morgan fingerprint density at radius 2 is 2.00 bits per heavy atom. The SMILES string of the molecule is CCN(C(=O)NCC1CCOCC1)c1ccccc1. The van der Waals surface area contributed by atoms with Gasteiger partial charge in [-0.15, -0.1) is 0 Å². The first-order valence-corrected chi connectivity index (χ1v) is 6.99. The van der Waals surface area contributed by atoms with E-state index in [2.05, 4.69) is 5.32 Å². The number of hydrogen-bond acceptors (Lipinski definition) is 2. The van der Waals surface area contributed by atoms with Crippen molar-refractivity contribution in [3.8, 4) is 0 Å². The van der Waals surface area contributed by atoms with Gasteiger partial charge in [0.1, 0.15) is 0 Å². The number of anilines is 1. The lowest BCUT2D eigenvalue weighted by Crippen LogP contribution is -2.42. The van der Waals surface area contributed by atoms with Crippen LogP contribution in [0.5, 0.6) is 0 Å². The summed E-state index contributed by atoms with van der Waals surface area (Å²) >= 11 is 0. The summed E-state index contributed by atoms with van der Waals surface area (Å²) in [4.78, 5) is 14.0. The zero-order valence-electron chi connectivity index (χ0n) is 11.5. The number of hydrogen-bond donors (Lipinski definition) is 1. The van der Waals surface area contributed by atoms with E-state index in [-0.39, 0.29) is 6.03 Å². The van der Waals surface area contributed by atoms with Gasteiger partial charge in [0.15, 0.2) is 0 Å². The lowest BCUT2D eigenvalue weighted by Gasteiger charge is -2.25. The highest BCUT2D eigenvalue weighted by atomic mass is 16.5. The highest BCUT2D eigenvalue weighted by molar-refractivity contribution is 5.91. The molecule has 0 radical (unpaired) electrons. The second-order valence-corrected chi connectivity index (χ2v) is 4.82. The Morgan fingerprint density at radius 3 is 2.63 bits per heavy atom. The average molecular weight is 262 g/mol. The molecule has 19 heavy (non-hydrogen) atoms. The number of urea groups is 1. The fraction of sp³-hybridized carbons (Fsp3) is 0.533. The van der Waals surface area contributed by atoms with E-state index in [0.717, 1.165) is 38.3 Å². The van der Waals surface area contributed by atoms with Crippen LogP contribution in [0.4, 0.5) is 10.5 Å². The molecule has 1 aromatic rings. The molecule has 0 aromatic heterocycles. The molecule has 0 aliphatic carbocycles. The fourth-order valence-corrected chi connectivity index (χ4v) is 2.33. The molecule has 0 atom stereocenters. The molecule has 2 amide bonds. The predicted molar refractivity (Wildman–Crippen MR) is 76.4 cm³/mol. The second-order valence-electron chi connectivity index (χ2n) is 4.82. The molecule has 0 unspecified atom stereocenters. The van der Waals surface area contributed by atoms with Gasteiger partial charge >= 0.3 is 6.03 Å². The number of rotatable bonds is 4. The zero-order valence-corrected chi connectivity index (χ0v) is 11.5. The molecule has 1 aliphatic heterocycles. The highest BCUT2D eigenvalue weighted by Crippen LogP contribution is 2.15. The minimum atomic E-state index is -0.0137. The summed E-state index contributed by atoms with van der Waals surface area (Å²) in [6, 6.07) is 9.75. The van der Waals surface area contributed by atoms with Crippen molar-refractivity contribution in [2.45, 2.75) is 19.8 Å². The number of ether oxygens (including phenoxy) is 1. The van der Waals surface area contributed by atoms with Gasteiger partial charge in [-0.2, -0.15) is 0 Å². The molecule has 1 aliphatic rings. The van der Waals surface area contributed by atoms with Gasteiger partial charge < -0.3 is 10.1 Å². The molecule has 0 bridgehead atoms. The van der Waals surface area contributed by atoms with Crippen LogP contribution in [0.15, 0.2) is 30.3 Å². The Kier molecular flexibility index (Phi) is 5.21. The van der Waals surface area contributed by atoms with Crippen LogP contribution in [0.1, 0.15) is 19.8 Å². The summed E-state index contributed by atoms with van der Waals surface area (Å²) in [5, 5.41) is 3.03. The number of para-hydroxylation sites is 1. The highest BCUT2D eigenvalue weighted by Gasteiger charge is 2.17. The molecule has 1 fully saturated rings. The minimum absolute atomic E-state index is 0.0137. The average Bonchev–Trinajstić information content (AvgIpc) is 2.48. The van der Waals surface area contributed by atoms with Crippen molar-refractivity contribution >= 4 is 11.7 Å². The molecule has 2 rings (SSSR count). The first-order chi connectivity index (χ1) is 9.31. The first-order valence-electron chi connectivity index (χ1n) is 6.99. The van der Waals surface area contributed by atoms with Gasteiger partial charge in [0.25, 0.3) is 0 Å². The number of carbonyl (C=O) groups excluding carboxylic acids is 1. The number of carbonyl (C=O) groups is 1. The second kappa shape index (κ2) is 7.14. The van der Waals surface area contributed by atoms with Crippen molar-refractivity contribution in [3.05, 3.63) is 30.3 Å². The van der Waals surface area contributed by atoms with Gasteiger partial charge in [0, 0.05) is 32.0 Å². The lowest BCUT2D eigenvalue weighted by atomic mass is 10.0. The molecular formula is C15H22N2O2. The van der Waals surface area contributed by atoms with Crippen LogP contribution in [-0.2, 0) is 4.74 Å². The van der Waals surface area contributed by atoms with Crippen LogP contribution >= 0.6 is 0 Å². The minimum Gasteiger partial charge on any atom is -0.381 e. The van der Waals surface area contributed by atoms with E-state index in [0.29, 0.717) is 12.5 Å². The van der Waals surface area contributed by atoms with Crippen molar-refractivity contribution in [2.75, 3.05) is 31.2 Å². The van der Waals surface area contributed by atoms with E-state index in [1.807, 2.05) is 37.3 Å². The summed E-state index contributed by atoms with van der Waals surface area (Å²) in [6.45, 7) is 5.03. The molecular weight excluding hydrogens is 240 g/mol. The maximum absolute atomic E-state index is 12.2. The molecule has 1 aromatic carbocycles. The Morgan fingerprint density at radius 1 is 1.32 bits per heavy atom. The third kappa shape index (κ3) is 3.96. The molecule has 0 spiro atoms. The summed E-state index contributed by atoms with van der Waals surface area (Å²) < 4.78 is 5.32. The number of nitrogens with one attached hydrogen (secondary N) is 1. The van der Waals surface area contributed by atoms with Crippen LogP contribution in [0.25, 0.3) is 0 Å². The predicted octanol–water partition coefficient (Wildman–Crippen LogP) is 2.65. The normalized spacial score (nSPS) is 16.1. The fourth-order valence-electron chi connectivity index (χ4n) is 2.33. The molecule has 0 saturated carbocycles. The van der Waals surface area contributed by atoms with Gasteiger partial charge in [-0.25, -0.2) is 4.79 Å². The van der Waals surface area contributed by atoms with E-state index in [1.54, 1.807) is 4.90 Å². The van der Waals surface area contributed by atoms with E-state index < -0.39 is 0 Å². The number of amides is 2. The summed E-state index contributed by atoms with van der Waals surface area (Å²) in [7, 11) is 0. The Hall–Kier alpha value is -1.55. The van der Waals surface area contributed by atoms with E-state index in [1.165, 1.54) is 0 Å². The first kappa shape index (κ1) is 13.9. The van der Waals surface area contributed by atoms with Gasteiger partial charge in [0.05, 0.1) is 0 Å². The Bertz CT molecular complexity index is 388. The molecule has 104 valence electrons. The standard InChI is InChI=1S/C15H22N2O2/c1-2-17(14-6-4-3-5-7-14)15(18)16-12-13-8-10-19-11-9-13/h3-7,13H,2,8-12H2,1H3,(H,16,18). The van der Waals surface area contributed by atoms with Gasteiger partial charge in [-0.3, -0.25) is 4.90 Å². The van der Waals surface area contributed by atoms with Crippen LogP contribution in [0, 0.1) is 5.92 Å². The van der Waals surface area contributed by atoms with E-state index >= 15 is 0 Å². The Labute approximate surface area is 114 Å². The largest absolute Gasteiger partial charge is 0.381 e. The van der Waals surface area contributed by atoms with Crippen molar-refractivity contribution < 1.29 is 9.53 Å². The third-order valence-electron chi connectivity index (χ3n) is 3.51. The number of nitrogens with zero attached hydrogens (tertiary/aromatic N) is 1. The molecule has 1 heterocycles. The van der Waals surface area contributed by atoms with Crippen LogP contribution in [-0.4, -0.2) is 32.3 Å². The Balaban J connectivity index is 1.86. The van der Waals surface area contributed by atoms with Gasteiger partial charge in [-0.1, -0.05) is 18.2 Å². The molecule has 4 heteroatoms. The lowest BCUT2D eigenvalue weighted by molar-refractivity contribution is 0.0670. The molecule has 1 N–H and O–H groups in total. The topological polar surface area (TPSA) is 41.6 Å². The van der Waals surface area contributed by atoms with Crippen molar-refractivity contribution in [3.63, 3.8) is 0 Å².